The first-order chi connectivity index (χ1) is 8.72. The summed E-state index contributed by atoms with van der Waals surface area (Å²) in [6, 6.07) is 7.43. The summed E-state index contributed by atoms with van der Waals surface area (Å²) < 4.78 is 0. The van der Waals surface area contributed by atoms with Crippen LogP contribution in [0.15, 0.2) is 24.3 Å². The van der Waals surface area contributed by atoms with Crippen LogP contribution in [0.25, 0.3) is 0 Å². The third kappa shape index (κ3) is 2.70. The van der Waals surface area contributed by atoms with Gasteiger partial charge in [0.15, 0.2) is 0 Å². The molecule has 1 aromatic rings. The number of carbonyl (C=O) groups excluding carboxylic acids is 2. The largest absolute Gasteiger partial charge is 0.349 e. The maximum absolute atomic E-state index is 11.7. The van der Waals surface area contributed by atoms with Gasteiger partial charge in [0.05, 0.1) is 0 Å². The minimum absolute atomic E-state index is 0.0300. The predicted molar refractivity (Wildman–Crippen MR) is 68.3 cm³/mol. The van der Waals surface area contributed by atoms with Crippen LogP contribution < -0.4 is 10.6 Å². The standard InChI is InChI=1S/C14H16N2O2/c17-13(9-1-2-9)15-11-5-3-10(4-6-11)14(18)16-12-7-8-12/h3-6,9,12H,1-2,7-8H2,(H,15,17)(H,16,18). The third-order valence-electron chi connectivity index (χ3n) is 3.28. The van der Waals surface area contributed by atoms with E-state index in [1.54, 1.807) is 24.3 Å². The first kappa shape index (κ1) is 11.3. The van der Waals surface area contributed by atoms with E-state index in [1.807, 2.05) is 0 Å². The Morgan fingerprint density at radius 3 is 2.22 bits per heavy atom. The molecule has 0 unspecified atom stereocenters. The molecule has 0 saturated heterocycles. The van der Waals surface area contributed by atoms with Gasteiger partial charge in [-0.05, 0) is 49.9 Å². The van der Waals surface area contributed by atoms with Crippen LogP contribution in [0, 0.1) is 5.92 Å². The Morgan fingerprint density at radius 2 is 1.67 bits per heavy atom. The van der Waals surface area contributed by atoms with Gasteiger partial charge in [0, 0.05) is 23.2 Å². The Labute approximate surface area is 106 Å². The Bertz CT molecular complexity index is 473. The average Bonchev–Trinajstić information content (AvgIpc) is 3.23. The van der Waals surface area contributed by atoms with Crippen molar-refractivity contribution >= 4 is 17.5 Å². The van der Waals surface area contributed by atoms with Crippen LogP contribution in [-0.2, 0) is 4.79 Å². The second-order valence-corrected chi connectivity index (χ2v) is 5.09. The Balaban J connectivity index is 1.60. The van der Waals surface area contributed by atoms with Crippen LogP contribution in [-0.4, -0.2) is 17.9 Å². The molecule has 94 valence electrons. The molecule has 2 aliphatic rings. The van der Waals surface area contributed by atoms with Gasteiger partial charge in [-0.1, -0.05) is 0 Å². The zero-order valence-corrected chi connectivity index (χ0v) is 10.1. The van der Waals surface area contributed by atoms with Crippen molar-refractivity contribution in [1.82, 2.24) is 5.32 Å². The lowest BCUT2D eigenvalue weighted by molar-refractivity contribution is -0.117. The van der Waals surface area contributed by atoms with Gasteiger partial charge in [0.2, 0.25) is 5.91 Å². The SMILES string of the molecule is O=C(NC1CC1)c1ccc(NC(=O)C2CC2)cc1. The van der Waals surface area contributed by atoms with E-state index in [4.69, 9.17) is 0 Å². The summed E-state index contributed by atoms with van der Waals surface area (Å²) in [5, 5.41) is 5.78. The molecule has 0 bridgehead atoms. The van der Waals surface area contributed by atoms with E-state index in [1.165, 1.54) is 0 Å². The van der Waals surface area contributed by atoms with Gasteiger partial charge in [-0.15, -0.1) is 0 Å². The molecule has 0 aliphatic heterocycles. The number of anilines is 1. The highest BCUT2D eigenvalue weighted by Crippen LogP contribution is 2.30. The molecular weight excluding hydrogens is 228 g/mol. The molecule has 0 radical (unpaired) electrons. The fourth-order valence-corrected chi connectivity index (χ4v) is 1.79. The van der Waals surface area contributed by atoms with E-state index in [0.29, 0.717) is 11.6 Å². The highest BCUT2D eigenvalue weighted by molar-refractivity contribution is 5.97. The molecule has 0 heterocycles. The molecule has 2 amide bonds. The van der Waals surface area contributed by atoms with Crippen molar-refractivity contribution in [3.05, 3.63) is 29.8 Å². The fraction of sp³-hybridized carbons (Fsp3) is 0.429. The average molecular weight is 244 g/mol. The molecule has 2 saturated carbocycles. The second kappa shape index (κ2) is 4.44. The van der Waals surface area contributed by atoms with Gasteiger partial charge < -0.3 is 10.6 Å². The molecule has 0 atom stereocenters. The summed E-state index contributed by atoms with van der Waals surface area (Å²) in [5.74, 6) is 0.255. The van der Waals surface area contributed by atoms with E-state index in [0.717, 1.165) is 31.4 Å². The number of benzene rings is 1. The van der Waals surface area contributed by atoms with E-state index in [-0.39, 0.29) is 17.7 Å². The number of amides is 2. The number of hydrogen-bond donors (Lipinski definition) is 2. The monoisotopic (exact) mass is 244 g/mol. The number of nitrogens with one attached hydrogen (secondary N) is 2. The van der Waals surface area contributed by atoms with Gasteiger partial charge in [0.25, 0.3) is 5.91 Å². The minimum Gasteiger partial charge on any atom is -0.349 e. The Morgan fingerprint density at radius 1 is 1.00 bits per heavy atom. The number of hydrogen-bond acceptors (Lipinski definition) is 2. The van der Waals surface area contributed by atoms with E-state index in [2.05, 4.69) is 10.6 Å². The summed E-state index contributed by atoms with van der Waals surface area (Å²) >= 11 is 0. The lowest BCUT2D eigenvalue weighted by atomic mass is 10.2. The maximum atomic E-state index is 11.7. The summed E-state index contributed by atoms with van der Waals surface area (Å²) in [6.45, 7) is 0. The predicted octanol–water partition coefficient (Wildman–Crippen LogP) is 1.93. The smallest absolute Gasteiger partial charge is 0.251 e. The first-order valence-corrected chi connectivity index (χ1v) is 6.44. The summed E-state index contributed by atoms with van der Waals surface area (Å²) in [6.07, 6.45) is 4.16. The molecule has 4 nitrogen and oxygen atoms in total. The zero-order chi connectivity index (χ0) is 12.5. The van der Waals surface area contributed by atoms with Crippen molar-refractivity contribution in [1.29, 1.82) is 0 Å². The topological polar surface area (TPSA) is 58.2 Å². The lowest BCUT2D eigenvalue weighted by Gasteiger charge is -2.06. The second-order valence-electron chi connectivity index (χ2n) is 5.09. The summed E-state index contributed by atoms with van der Waals surface area (Å²) in [4.78, 5) is 23.3. The zero-order valence-electron chi connectivity index (χ0n) is 10.1. The van der Waals surface area contributed by atoms with Crippen molar-refractivity contribution in [2.45, 2.75) is 31.7 Å². The Kier molecular flexibility index (Phi) is 2.78. The molecule has 4 heteroatoms. The summed E-state index contributed by atoms with van der Waals surface area (Å²) in [5.41, 5.74) is 1.40. The van der Waals surface area contributed by atoms with Gasteiger partial charge in [-0.25, -0.2) is 0 Å². The van der Waals surface area contributed by atoms with Crippen LogP contribution in [0.2, 0.25) is 0 Å². The molecule has 1 aromatic carbocycles. The van der Waals surface area contributed by atoms with Crippen LogP contribution >= 0.6 is 0 Å². The fourth-order valence-electron chi connectivity index (χ4n) is 1.79. The van der Waals surface area contributed by atoms with Crippen LogP contribution in [0.3, 0.4) is 0 Å². The molecule has 2 N–H and O–H groups in total. The third-order valence-corrected chi connectivity index (χ3v) is 3.28. The van der Waals surface area contributed by atoms with Crippen LogP contribution in [0.5, 0.6) is 0 Å². The molecule has 2 aliphatic carbocycles. The molecule has 18 heavy (non-hydrogen) atoms. The molecule has 0 spiro atoms. The van der Waals surface area contributed by atoms with Crippen molar-refractivity contribution < 1.29 is 9.59 Å². The van der Waals surface area contributed by atoms with Crippen molar-refractivity contribution in [2.75, 3.05) is 5.32 Å². The number of carbonyl (C=O) groups is 2. The number of rotatable bonds is 4. The van der Waals surface area contributed by atoms with Crippen molar-refractivity contribution in [2.24, 2.45) is 5.92 Å². The van der Waals surface area contributed by atoms with Gasteiger partial charge in [-0.3, -0.25) is 9.59 Å². The van der Waals surface area contributed by atoms with Gasteiger partial charge in [0.1, 0.15) is 0 Å². The van der Waals surface area contributed by atoms with Crippen molar-refractivity contribution in [3.63, 3.8) is 0 Å². The molecule has 3 rings (SSSR count). The normalized spacial score (nSPS) is 18.2. The molecule has 0 aromatic heterocycles. The van der Waals surface area contributed by atoms with Crippen molar-refractivity contribution in [3.8, 4) is 0 Å². The van der Waals surface area contributed by atoms with E-state index >= 15 is 0 Å². The maximum Gasteiger partial charge on any atom is 0.251 e. The Hall–Kier alpha value is -1.84. The highest BCUT2D eigenvalue weighted by atomic mass is 16.2. The van der Waals surface area contributed by atoms with E-state index in [9.17, 15) is 9.59 Å². The molecular formula is C14H16N2O2. The highest BCUT2D eigenvalue weighted by Gasteiger charge is 2.29. The lowest BCUT2D eigenvalue weighted by Crippen LogP contribution is -2.25. The van der Waals surface area contributed by atoms with Gasteiger partial charge in [-0.2, -0.15) is 0 Å². The molecule has 2 fully saturated rings. The summed E-state index contributed by atoms with van der Waals surface area (Å²) in [7, 11) is 0. The van der Waals surface area contributed by atoms with Crippen LogP contribution in [0.4, 0.5) is 5.69 Å². The van der Waals surface area contributed by atoms with Gasteiger partial charge >= 0.3 is 0 Å². The minimum atomic E-state index is -0.0300. The van der Waals surface area contributed by atoms with Crippen LogP contribution in [0.1, 0.15) is 36.0 Å². The van der Waals surface area contributed by atoms with E-state index < -0.39 is 0 Å². The first-order valence-electron chi connectivity index (χ1n) is 6.44. The quantitative estimate of drug-likeness (QED) is 0.850.